The summed E-state index contributed by atoms with van der Waals surface area (Å²) in [5.74, 6) is 1.15. The summed E-state index contributed by atoms with van der Waals surface area (Å²) in [5.41, 5.74) is 1.55. The van der Waals surface area contributed by atoms with Crippen LogP contribution in [0.25, 0.3) is 0 Å². The molecule has 5 heteroatoms. The Hall–Kier alpha value is -2.53. The molecule has 1 aliphatic rings. The number of nitrogens with one attached hydrogen (secondary N) is 1. The van der Waals surface area contributed by atoms with Gasteiger partial charge in [-0.15, -0.1) is 0 Å². The van der Waals surface area contributed by atoms with Crippen LogP contribution in [-0.2, 0) is 16.8 Å². The fraction of sp³-hybridized carbons (Fsp3) is 0.316. The number of rotatable bonds is 5. The van der Waals surface area contributed by atoms with Crippen molar-refractivity contribution < 1.29 is 19.4 Å². The van der Waals surface area contributed by atoms with Gasteiger partial charge in [0.2, 0.25) is 12.7 Å². The van der Waals surface area contributed by atoms with Crippen molar-refractivity contribution in [2.45, 2.75) is 25.9 Å². The first kappa shape index (κ1) is 16.3. The largest absolute Gasteiger partial charge is 0.454 e. The number of carbonyl (C=O) groups excluding carboxylic acids is 1. The van der Waals surface area contributed by atoms with Gasteiger partial charge in [0.25, 0.3) is 0 Å². The van der Waals surface area contributed by atoms with Gasteiger partial charge >= 0.3 is 0 Å². The molecule has 0 bridgehead atoms. The number of amides is 1. The van der Waals surface area contributed by atoms with Crippen LogP contribution in [0.1, 0.15) is 23.6 Å². The fourth-order valence-electron chi connectivity index (χ4n) is 2.67. The van der Waals surface area contributed by atoms with Gasteiger partial charge < -0.3 is 19.9 Å². The zero-order chi connectivity index (χ0) is 17.2. The summed E-state index contributed by atoms with van der Waals surface area (Å²) in [6, 6.07) is 13.1. The molecular formula is C19H21NO4. The zero-order valence-corrected chi connectivity index (χ0v) is 13.8. The molecule has 1 aliphatic heterocycles. The molecule has 0 aliphatic carbocycles. The second kappa shape index (κ2) is 6.53. The monoisotopic (exact) mass is 327 g/mol. The number of benzene rings is 2. The molecule has 0 radical (unpaired) electrons. The predicted molar refractivity (Wildman–Crippen MR) is 90.0 cm³/mol. The summed E-state index contributed by atoms with van der Waals surface area (Å²) in [5, 5.41) is 13.5. The Morgan fingerprint density at radius 2 is 2.00 bits per heavy atom. The van der Waals surface area contributed by atoms with Crippen LogP contribution in [0.4, 0.5) is 0 Å². The first-order valence-electron chi connectivity index (χ1n) is 7.89. The standard InChI is InChI=1S/C19H21NO4/c1-13-4-3-5-14(8-13)9-18(21)20-11-19(2,22)15-6-7-16-17(10-15)24-12-23-16/h3-8,10,22H,9,11-12H2,1-2H3,(H,20,21). The Morgan fingerprint density at radius 3 is 2.79 bits per heavy atom. The van der Waals surface area contributed by atoms with Crippen molar-refractivity contribution >= 4 is 5.91 Å². The fourth-order valence-corrected chi connectivity index (χ4v) is 2.67. The third-order valence-corrected chi connectivity index (χ3v) is 4.07. The minimum atomic E-state index is -1.19. The number of aliphatic hydroxyl groups is 1. The lowest BCUT2D eigenvalue weighted by Crippen LogP contribution is -2.39. The number of hydrogen-bond donors (Lipinski definition) is 2. The van der Waals surface area contributed by atoms with Crippen LogP contribution in [0.5, 0.6) is 11.5 Å². The molecule has 1 amide bonds. The normalized spacial score (nSPS) is 15.0. The van der Waals surface area contributed by atoms with E-state index in [9.17, 15) is 9.90 Å². The maximum atomic E-state index is 12.1. The molecule has 0 saturated carbocycles. The highest BCUT2D eigenvalue weighted by Gasteiger charge is 2.26. The van der Waals surface area contributed by atoms with Gasteiger partial charge in [-0.2, -0.15) is 0 Å². The van der Waals surface area contributed by atoms with Gasteiger partial charge in [-0.25, -0.2) is 0 Å². The summed E-state index contributed by atoms with van der Waals surface area (Å²) < 4.78 is 10.6. The molecular weight excluding hydrogens is 306 g/mol. The molecule has 2 aromatic rings. The van der Waals surface area contributed by atoms with Crippen molar-refractivity contribution in [3.05, 3.63) is 59.2 Å². The Kier molecular flexibility index (Phi) is 4.44. The van der Waals surface area contributed by atoms with E-state index in [2.05, 4.69) is 5.32 Å². The van der Waals surface area contributed by atoms with Crippen molar-refractivity contribution in [3.8, 4) is 11.5 Å². The van der Waals surface area contributed by atoms with Crippen molar-refractivity contribution in [3.63, 3.8) is 0 Å². The third-order valence-electron chi connectivity index (χ3n) is 4.07. The molecule has 1 unspecified atom stereocenters. The molecule has 3 rings (SSSR count). The molecule has 0 saturated heterocycles. The van der Waals surface area contributed by atoms with Crippen molar-refractivity contribution in [2.75, 3.05) is 13.3 Å². The molecule has 1 heterocycles. The lowest BCUT2D eigenvalue weighted by Gasteiger charge is -2.24. The first-order chi connectivity index (χ1) is 11.4. The second-order valence-corrected chi connectivity index (χ2v) is 6.28. The number of carbonyl (C=O) groups is 1. The van der Waals surface area contributed by atoms with Gasteiger partial charge in [0.15, 0.2) is 11.5 Å². The molecule has 1 atom stereocenters. The van der Waals surface area contributed by atoms with Crippen LogP contribution in [-0.4, -0.2) is 24.4 Å². The van der Waals surface area contributed by atoms with E-state index in [0.717, 1.165) is 11.1 Å². The van der Waals surface area contributed by atoms with Gasteiger partial charge in [-0.3, -0.25) is 4.79 Å². The van der Waals surface area contributed by atoms with Crippen molar-refractivity contribution in [1.29, 1.82) is 0 Å². The smallest absolute Gasteiger partial charge is 0.231 e. The Morgan fingerprint density at radius 1 is 1.21 bits per heavy atom. The van der Waals surface area contributed by atoms with E-state index in [0.29, 0.717) is 23.5 Å². The summed E-state index contributed by atoms with van der Waals surface area (Å²) in [4.78, 5) is 12.1. The quantitative estimate of drug-likeness (QED) is 0.884. The SMILES string of the molecule is Cc1cccc(CC(=O)NCC(C)(O)c2ccc3c(c2)OCO3)c1. The first-order valence-corrected chi connectivity index (χ1v) is 7.89. The lowest BCUT2D eigenvalue weighted by molar-refractivity contribution is -0.121. The van der Waals surface area contributed by atoms with E-state index in [1.54, 1.807) is 25.1 Å². The maximum absolute atomic E-state index is 12.1. The van der Waals surface area contributed by atoms with Crippen LogP contribution in [0.2, 0.25) is 0 Å². The number of aryl methyl sites for hydroxylation is 1. The summed E-state index contributed by atoms with van der Waals surface area (Å²) >= 11 is 0. The van der Waals surface area contributed by atoms with E-state index in [1.165, 1.54) is 0 Å². The molecule has 0 aromatic heterocycles. The highest BCUT2D eigenvalue weighted by Crippen LogP contribution is 2.35. The van der Waals surface area contributed by atoms with E-state index in [-0.39, 0.29) is 19.2 Å². The molecule has 2 N–H and O–H groups in total. The summed E-state index contributed by atoms with van der Waals surface area (Å²) in [6.07, 6.45) is 0.291. The zero-order valence-electron chi connectivity index (χ0n) is 13.8. The second-order valence-electron chi connectivity index (χ2n) is 6.28. The van der Waals surface area contributed by atoms with Crippen LogP contribution >= 0.6 is 0 Å². The van der Waals surface area contributed by atoms with Gasteiger partial charge in [-0.05, 0) is 37.1 Å². The average Bonchev–Trinajstić information content (AvgIpc) is 3.01. The Labute approximate surface area is 141 Å². The predicted octanol–water partition coefficient (Wildman–Crippen LogP) is 2.29. The highest BCUT2D eigenvalue weighted by molar-refractivity contribution is 5.78. The summed E-state index contributed by atoms with van der Waals surface area (Å²) in [6.45, 7) is 3.97. The van der Waals surface area contributed by atoms with Crippen molar-refractivity contribution in [2.24, 2.45) is 0 Å². The third kappa shape index (κ3) is 3.68. The van der Waals surface area contributed by atoms with Crippen LogP contribution < -0.4 is 14.8 Å². The highest BCUT2D eigenvalue weighted by atomic mass is 16.7. The number of fused-ring (bicyclic) bond motifs is 1. The molecule has 126 valence electrons. The molecule has 2 aromatic carbocycles. The number of ether oxygens (including phenoxy) is 2. The van der Waals surface area contributed by atoms with Crippen LogP contribution in [0.3, 0.4) is 0 Å². The number of hydrogen-bond acceptors (Lipinski definition) is 4. The minimum Gasteiger partial charge on any atom is -0.454 e. The van der Waals surface area contributed by atoms with Crippen LogP contribution in [0, 0.1) is 6.92 Å². The van der Waals surface area contributed by atoms with Crippen molar-refractivity contribution in [1.82, 2.24) is 5.32 Å². The molecule has 0 fully saturated rings. The Bertz CT molecular complexity index is 755. The van der Waals surface area contributed by atoms with E-state index < -0.39 is 5.60 Å². The molecule has 0 spiro atoms. The Balaban J connectivity index is 1.61. The molecule has 5 nitrogen and oxygen atoms in total. The van der Waals surface area contributed by atoms with Crippen LogP contribution in [0.15, 0.2) is 42.5 Å². The van der Waals surface area contributed by atoms with E-state index >= 15 is 0 Å². The minimum absolute atomic E-state index is 0.122. The van der Waals surface area contributed by atoms with Gasteiger partial charge in [0, 0.05) is 0 Å². The van der Waals surface area contributed by atoms with E-state index in [1.807, 2.05) is 31.2 Å². The summed E-state index contributed by atoms with van der Waals surface area (Å²) in [7, 11) is 0. The van der Waals surface area contributed by atoms with Gasteiger partial charge in [0.1, 0.15) is 5.60 Å². The van der Waals surface area contributed by atoms with Gasteiger partial charge in [0.05, 0.1) is 13.0 Å². The average molecular weight is 327 g/mol. The van der Waals surface area contributed by atoms with Gasteiger partial charge in [-0.1, -0.05) is 35.9 Å². The topological polar surface area (TPSA) is 67.8 Å². The molecule has 24 heavy (non-hydrogen) atoms. The van der Waals surface area contributed by atoms with E-state index in [4.69, 9.17) is 9.47 Å². The lowest BCUT2D eigenvalue weighted by atomic mass is 9.95. The maximum Gasteiger partial charge on any atom is 0.231 e.